The van der Waals surface area contributed by atoms with Crippen LogP contribution in [0.1, 0.15) is 0 Å². The van der Waals surface area contributed by atoms with E-state index in [9.17, 15) is 0 Å². The highest BCUT2D eigenvalue weighted by molar-refractivity contribution is 6.37. The topological polar surface area (TPSA) is 56.5 Å². The lowest BCUT2D eigenvalue weighted by atomic mass is 10.0. The van der Waals surface area contributed by atoms with Crippen LogP contribution in [0, 0.1) is 0 Å². The second kappa shape index (κ2) is 5.21. The monoisotopic (exact) mass is 399 g/mol. The summed E-state index contributed by atoms with van der Waals surface area (Å²) in [6, 6.07) is 20.4. The molecule has 8 aromatic rings. The summed E-state index contributed by atoms with van der Waals surface area (Å²) >= 11 is 0. The van der Waals surface area contributed by atoms with Gasteiger partial charge in [-0.05, 0) is 18.2 Å². The molecular formula is C26H13N3O2. The van der Waals surface area contributed by atoms with Crippen LogP contribution in [0.4, 0.5) is 0 Å². The Morgan fingerprint density at radius 2 is 1.26 bits per heavy atom. The number of benzene rings is 3. The molecule has 0 N–H and O–H groups in total. The number of rotatable bonds is 0. The lowest BCUT2D eigenvalue weighted by molar-refractivity contribution is 0.665. The van der Waals surface area contributed by atoms with Crippen LogP contribution >= 0.6 is 0 Å². The van der Waals surface area contributed by atoms with Gasteiger partial charge in [-0.1, -0.05) is 42.5 Å². The molecule has 0 atom stereocenters. The van der Waals surface area contributed by atoms with E-state index in [1.165, 1.54) is 0 Å². The first-order valence-corrected chi connectivity index (χ1v) is 10.2. The molecule has 0 aliphatic rings. The fourth-order valence-electron chi connectivity index (χ4n) is 5.07. The summed E-state index contributed by atoms with van der Waals surface area (Å²) in [5.41, 5.74) is 6.06. The molecule has 5 heterocycles. The second-order valence-corrected chi connectivity index (χ2v) is 7.85. The summed E-state index contributed by atoms with van der Waals surface area (Å²) in [5.74, 6) is 0. The Morgan fingerprint density at radius 1 is 0.613 bits per heavy atom. The van der Waals surface area contributed by atoms with Gasteiger partial charge in [-0.15, -0.1) is 0 Å². The predicted octanol–water partition coefficient (Wildman–Crippen LogP) is 6.83. The molecule has 0 aliphatic heterocycles. The van der Waals surface area contributed by atoms with Crippen molar-refractivity contribution in [3.8, 4) is 0 Å². The van der Waals surface area contributed by atoms with Gasteiger partial charge >= 0.3 is 0 Å². The largest absolute Gasteiger partial charge is 0.455 e. The molecule has 0 saturated carbocycles. The molecule has 0 aliphatic carbocycles. The van der Waals surface area contributed by atoms with Crippen LogP contribution in [0.15, 0.2) is 88.1 Å². The maximum Gasteiger partial charge on any atom is 0.163 e. The van der Waals surface area contributed by atoms with Gasteiger partial charge in [0.05, 0.1) is 21.7 Å². The van der Waals surface area contributed by atoms with E-state index in [1.807, 2.05) is 55.0 Å². The lowest BCUT2D eigenvalue weighted by Gasteiger charge is -2.09. The molecule has 8 rings (SSSR count). The predicted molar refractivity (Wildman–Crippen MR) is 123 cm³/mol. The smallest absolute Gasteiger partial charge is 0.163 e. The summed E-state index contributed by atoms with van der Waals surface area (Å²) < 4.78 is 15.1. The van der Waals surface area contributed by atoms with Crippen LogP contribution in [-0.2, 0) is 0 Å². The Kier molecular flexibility index (Phi) is 2.60. The van der Waals surface area contributed by atoms with E-state index in [-0.39, 0.29) is 0 Å². The van der Waals surface area contributed by atoms with E-state index in [4.69, 9.17) is 8.83 Å². The van der Waals surface area contributed by atoms with Crippen molar-refractivity contribution in [1.29, 1.82) is 0 Å². The standard InChI is InChI=1S/C26H13N3O2/c1-3-9-17-14(6-1)19-23-20(16-8-5-11-27-22(16)26-28-12-13-29(23)26)25-21(24(19)30-17)15-7-2-4-10-18(15)31-25/h1-13H. The van der Waals surface area contributed by atoms with Gasteiger partial charge in [-0.25, -0.2) is 4.98 Å². The van der Waals surface area contributed by atoms with Gasteiger partial charge < -0.3 is 8.83 Å². The molecule has 5 heteroatoms. The van der Waals surface area contributed by atoms with Crippen molar-refractivity contribution in [3.05, 3.63) is 79.3 Å². The summed E-state index contributed by atoms with van der Waals surface area (Å²) in [6.45, 7) is 0. The number of fused-ring (bicyclic) bond motifs is 15. The van der Waals surface area contributed by atoms with E-state index in [0.717, 1.165) is 71.3 Å². The maximum absolute atomic E-state index is 6.48. The summed E-state index contributed by atoms with van der Waals surface area (Å²) in [6.07, 6.45) is 5.62. The molecular weight excluding hydrogens is 386 g/mol. The first kappa shape index (κ1) is 15.5. The molecule has 0 amide bonds. The third kappa shape index (κ3) is 1.74. The molecule has 0 saturated heterocycles. The van der Waals surface area contributed by atoms with E-state index in [2.05, 4.69) is 38.6 Å². The van der Waals surface area contributed by atoms with Gasteiger partial charge in [0.1, 0.15) is 27.8 Å². The third-order valence-electron chi connectivity index (χ3n) is 6.29. The van der Waals surface area contributed by atoms with Crippen molar-refractivity contribution in [2.75, 3.05) is 0 Å². The van der Waals surface area contributed by atoms with E-state index < -0.39 is 0 Å². The molecule has 5 nitrogen and oxygen atoms in total. The minimum atomic E-state index is 0.816. The Bertz CT molecular complexity index is 2010. The fraction of sp³-hybridized carbons (Fsp3) is 0. The van der Waals surface area contributed by atoms with Crippen molar-refractivity contribution >= 4 is 71.3 Å². The molecule has 31 heavy (non-hydrogen) atoms. The SMILES string of the molecule is c1ccc2c(c1)oc1c2c2oc3ccccc3c2c2c1c1cccnc1c1nccn12. The molecule has 0 bridgehead atoms. The minimum absolute atomic E-state index is 0.816. The van der Waals surface area contributed by atoms with Crippen LogP contribution < -0.4 is 0 Å². The number of nitrogens with zero attached hydrogens (tertiary/aromatic N) is 3. The average Bonchev–Trinajstić information content (AvgIpc) is 3.53. The summed E-state index contributed by atoms with van der Waals surface area (Å²) in [7, 11) is 0. The Morgan fingerprint density at radius 3 is 2.03 bits per heavy atom. The lowest BCUT2D eigenvalue weighted by Crippen LogP contribution is -1.93. The van der Waals surface area contributed by atoms with Gasteiger partial charge in [-0.3, -0.25) is 9.38 Å². The highest BCUT2D eigenvalue weighted by Gasteiger charge is 2.24. The molecule has 144 valence electrons. The first-order chi connectivity index (χ1) is 15.4. The maximum atomic E-state index is 6.48. The number of para-hydroxylation sites is 2. The van der Waals surface area contributed by atoms with Gasteiger partial charge in [0.2, 0.25) is 0 Å². The Balaban J connectivity index is 1.88. The molecule has 3 aromatic carbocycles. The molecule has 0 radical (unpaired) electrons. The number of imidazole rings is 1. The van der Waals surface area contributed by atoms with Crippen LogP contribution in [0.3, 0.4) is 0 Å². The minimum Gasteiger partial charge on any atom is -0.455 e. The van der Waals surface area contributed by atoms with E-state index in [0.29, 0.717) is 0 Å². The first-order valence-electron chi connectivity index (χ1n) is 10.2. The zero-order valence-electron chi connectivity index (χ0n) is 16.2. The number of hydrogen-bond acceptors (Lipinski definition) is 4. The Hall–Kier alpha value is -4.38. The highest BCUT2D eigenvalue weighted by Crippen LogP contribution is 2.46. The van der Waals surface area contributed by atoms with Gasteiger partial charge in [-0.2, -0.15) is 0 Å². The number of aromatic nitrogens is 3. The molecule has 0 fully saturated rings. The van der Waals surface area contributed by atoms with Crippen molar-refractivity contribution in [2.45, 2.75) is 0 Å². The van der Waals surface area contributed by atoms with Crippen molar-refractivity contribution in [1.82, 2.24) is 14.4 Å². The normalized spacial score (nSPS) is 12.5. The van der Waals surface area contributed by atoms with Gasteiger partial charge in [0.15, 0.2) is 5.65 Å². The molecule has 5 aromatic heterocycles. The zero-order valence-corrected chi connectivity index (χ0v) is 16.2. The van der Waals surface area contributed by atoms with Crippen molar-refractivity contribution in [3.63, 3.8) is 0 Å². The number of hydrogen-bond donors (Lipinski definition) is 0. The van der Waals surface area contributed by atoms with E-state index >= 15 is 0 Å². The van der Waals surface area contributed by atoms with Gasteiger partial charge in [0.25, 0.3) is 0 Å². The van der Waals surface area contributed by atoms with Gasteiger partial charge in [0, 0.05) is 34.7 Å². The van der Waals surface area contributed by atoms with Crippen molar-refractivity contribution in [2.24, 2.45) is 0 Å². The number of furan rings is 2. The highest BCUT2D eigenvalue weighted by atomic mass is 16.3. The quantitative estimate of drug-likeness (QED) is 0.262. The third-order valence-corrected chi connectivity index (χ3v) is 6.29. The fourth-order valence-corrected chi connectivity index (χ4v) is 5.07. The summed E-state index contributed by atoms with van der Waals surface area (Å²) in [4.78, 5) is 9.30. The number of pyridine rings is 2. The molecule has 0 spiro atoms. The second-order valence-electron chi connectivity index (χ2n) is 7.85. The van der Waals surface area contributed by atoms with E-state index in [1.54, 1.807) is 0 Å². The van der Waals surface area contributed by atoms with Crippen LogP contribution in [0.25, 0.3) is 71.3 Å². The summed E-state index contributed by atoms with van der Waals surface area (Å²) in [5, 5.41) is 6.24. The zero-order chi connectivity index (χ0) is 20.1. The Labute approximate surface area is 174 Å². The molecule has 0 unspecified atom stereocenters. The average molecular weight is 399 g/mol. The van der Waals surface area contributed by atoms with Crippen molar-refractivity contribution < 1.29 is 8.83 Å². The van der Waals surface area contributed by atoms with Crippen LogP contribution in [0.5, 0.6) is 0 Å². The van der Waals surface area contributed by atoms with Crippen LogP contribution in [-0.4, -0.2) is 14.4 Å². The van der Waals surface area contributed by atoms with Crippen LogP contribution in [0.2, 0.25) is 0 Å².